The van der Waals surface area contributed by atoms with Crippen LogP contribution in [-0.4, -0.2) is 22.7 Å². The highest BCUT2D eigenvalue weighted by atomic mass is 16.5. The molecule has 0 saturated carbocycles. The highest BCUT2D eigenvalue weighted by Gasteiger charge is 2.26. The fraction of sp³-hybridized carbons (Fsp3) is 0.154. The second kappa shape index (κ2) is 8.69. The molecule has 3 aromatic carbocycles. The van der Waals surface area contributed by atoms with Crippen LogP contribution in [0.25, 0.3) is 10.9 Å². The lowest BCUT2D eigenvalue weighted by molar-refractivity contribution is -0.143. The van der Waals surface area contributed by atoms with Crippen LogP contribution in [0, 0.1) is 0 Å². The molecular weight excluding hydrogens is 406 g/mol. The highest BCUT2D eigenvalue weighted by Crippen LogP contribution is 2.40. The molecule has 1 unspecified atom stereocenters. The third-order valence-corrected chi connectivity index (χ3v) is 5.40. The average Bonchev–Trinajstić information content (AvgIpc) is 2.97. The summed E-state index contributed by atoms with van der Waals surface area (Å²) in [6.45, 7) is 0.281. The summed E-state index contributed by atoms with van der Waals surface area (Å²) >= 11 is 0. The van der Waals surface area contributed by atoms with Crippen LogP contribution in [0.4, 0.5) is 0 Å². The molecule has 160 valence electrons. The van der Waals surface area contributed by atoms with Gasteiger partial charge in [0.05, 0.1) is 11.2 Å². The predicted octanol–water partition coefficient (Wildman–Crippen LogP) is 4.90. The smallest absolute Gasteiger partial charge is 0.329 e. The van der Waals surface area contributed by atoms with Gasteiger partial charge in [0.2, 0.25) is 0 Å². The molecule has 1 atom stereocenters. The Bertz CT molecular complexity index is 1290. The summed E-state index contributed by atoms with van der Waals surface area (Å²) in [5.74, 6) is 0.252. The first-order valence-corrected chi connectivity index (χ1v) is 10.3. The van der Waals surface area contributed by atoms with Gasteiger partial charge in [0, 0.05) is 10.9 Å². The van der Waals surface area contributed by atoms with Crippen molar-refractivity contribution in [1.29, 1.82) is 0 Å². The number of carbonyl (C=O) groups is 1. The van der Waals surface area contributed by atoms with E-state index in [9.17, 15) is 4.79 Å². The van der Waals surface area contributed by atoms with E-state index in [0.29, 0.717) is 24.7 Å². The van der Waals surface area contributed by atoms with Gasteiger partial charge in [0.1, 0.15) is 37.4 Å². The third kappa shape index (κ3) is 4.13. The first-order chi connectivity index (χ1) is 15.7. The second-order valence-corrected chi connectivity index (χ2v) is 7.56. The fourth-order valence-electron chi connectivity index (χ4n) is 3.88. The maximum Gasteiger partial charge on any atom is 0.329 e. The molecule has 1 aliphatic heterocycles. The Hall–Kier alpha value is -3.90. The molecule has 0 fully saturated rings. The standard InChI is InChI=1S/C26H21NO5/c28-25(29)16-32-26-21-7-3-1-6-18(21)14-31-24-12-11-20(13-22(24)26)30-15-19-10-9-17-5-2-4-8-23(17)27-19/h1-13,26H,14-16H2,(H,28,29). The van der Waals surface area contributed by atoms with Crippen molar-refractivity contribution in [3.8, 4) is 11.5 Å². The minimum Gasteiger partial charge on any atom is -0.488 e. The van der Waals surface area contributed by atoms with Crippen molar-refractivity contribution in [2.75, 3.05) is 6.61 Å². The van der Waals surface area contributed by atoms with Crippen molar-refractivity contribution < 1.29 is 24.1 Å². The summed E-state index contributed by atoms with van der Waals surface area (Å²) in [4.78, 5) is 15.8. The van der Waals surface area contributed by atoms with E-state index in [1.165, 1.54) is 0 Å². The van der Waals surface area contributed by atoms with Gasteiger partial charge < -0.3 is 19.3 Å². The van der Waals surface area contributed by atoms with E-state index in [0.717, 1.165) is 33.3 Å². The zero-order chi connectivity index (χ0) is 21.9. The molecule has 1 N–H and O–H groups in total. The number of carboxylic acid groups (broad SMARTS) is 1. The van der Waals surface area contributed by atoms with Crippen molar-refractivity contribution in [2.24, 2.45) is 0 Å². The Morgan fingerprint density at radius 1 is 1.00 bits per heavy atom. The molecule has 1 aliphatic rings. The van der Waals surface area contributed by atoms with Gasteiger partial charge in [0.15, 0.2) is 0 Å². The SMILES string of the molecule is O=C(O)COC1c2ccccc2COc2ccc(OCc3ccc4ccccc4n3)cc21. The Labute approximate surface area is 185 Å². The van der Waals surface area contributed by atoms with Gasteiger partial charge in [-0.3, -0.25) is 0 Å². The van der Waals surface area contributed by atoms with Crippen LogP contribution in [0.2, 0.25) is 0 Å². The summed E-state index contributed by atoms with van der Waals surface area (Å²) < 4.78 is 17.8. The van der Waals surface area contributed by atoms with Crippen molar-refractivity contribution in [1.82, 2.24) is 4.98 Å². The zero-order valence-electron chi connectivity index (χ0n) is 17.2. The van der Waals surface area contributed by atoms with E-state index in [2.05, 4.69) is 4.98 Å². The van der Waals surface area contributed by atoms with Crippen LogP contribution in [0.5, 0.6) is 11.5 Å². The van der Waals surface area contributed by atoms with Crippen molar-refractivity contribution >= 4 is 16.9 Å². The molecule has 1 aromatic heterocycles. The maximum absolute atomic E-state index is 11.2. The van der Waals surface area contributed by atoms with E-state index in [-0.39, 0.29) is 0 Å². The average molecular weight is 427 g/mol. The minimum absolute atomic E-state index is 0.307. The van der Waals surface area contributed by atoms with Gasteiger partial charge in [0.25, 0.3) is 0 Å². The van der Waals surface area contributed by atoms with Crippen molar-refractivity contribution in [3.63, 3.8) is 0 Å². The van der Waals surface area contributed by atoms with E-state index < -0.39 is 18.7 Å². The number of ether oxygens (including phenoxy) is 3. The number of hydrogen-bond acceptors (Lipinski definition) is 5. The summed E-state index contributed by atoms with van der Waals surface area (Å²) in [5.41, 5.74) is 4.32. The molecule has 2 heterocycles. The largest absolute Gasteiger partial charge is 0.488 e. The Morgan fingerprint density at radius 2 is 1.84 bits per heavy atom. The lowest BCUT2D eigenvalue weighted by Gasteiger charge is -2.19. The van der Waals surface area contributed by atoms with Crippen LogP contribution in [0.3, 0.4) is 0 Å². The molecule has 6 heteroatoms. The van der Waals surface area contributed by atoms with E-state index >= 15 is 0 Å². The Morgan fingerprint density at radius 3 is 2.75 bits per heavy atom. The number of para-hydroxylation sites is 1. The minimum atomic E-state index is -1.02. The first-order valence-electron chi connectivity index (χ1n) is 10.3. The predicted molar refractivity (Wildman–Crippen MR) is 119 cm³/mol. The van der Waals surface area contributed by atoms with Crippen LogP contribution in [0.1, 0.15) is 28.5 Å². The molecule has 0 aliphatic carbocycles. The number of pyridine rings is 1. The van der Waals surface area contributed by atoms with E-state index in [1.54, 1.807) is 0 Å². The molecule has 5 rings (SSSR count). The maximum atomic E-state index is 11.2. The summed E-state index contributed by atoms with van der Waals surface area (Å²) in [7, 11) is 0. The van der Waals surface area contributed by atoms with Gasteiger partial charge in [-0.05, 0) is 41.5 Å². The molecule has 4 aromatic rings. The normalized spacial score (nSPS) is 14.7. The second-order valence-electron chi connectivity index (χ2n) is 7.56. The van der Waals surface area contributed by atoms with Gasteiger partial charge in [-0.1, -0.05) is 48.5 Å². The lowest BCUT2D eigenvalue weighted by atomic mass is 9.97. The van der Waals surface area contributed by atoms with E-state index in [1.807, 2.05) is 78.9 Å². The van der Waals surface area contributed by atoms with E-state index in [4.69, 9.17) is 19.3 Å². The van der Waals surface area contributed by atoms with Gasteiger partial charge >= 0.3 is 5.97 Å². The van der Waals surface area contributed by atoms with Gasteiger partial charge in [-0.2, -0.15) is 0 Å². The van der Waals surface area contributed by atoms with Crippen LogP contribution >= 0.6 is 0 Å². The Balaban J connectivity index is 1.43. The number of fused-ring (bicyclic) bond motifs is 3. The molecule has 0 radical (unpaired) electrons. The number of aliphatic carboxylic acids is 1. The van der Waals surface area contributed by atoms with Crippen LogP contribution in [0.15, 0.2) is 78.9 Å². The van der Waals surface area contributed by atoms with Crippen LogP contribution in [-0.2, 0) is 22.7 Å². The van der Waals surface area contributed by atoms with Gasteiger partial charge in [-0.15, -0.1) is 0 Å². The molecule has 0 spiro atoms. The number of hydrogen-bond donors (Lipinski definition) is 1. The van der Waals surface area contributed by atoms with Gasteiger partial charge in [-0.25, -0.2) is 9.78 Å². The first kappa shape index (κ1) is 20.0. The van der Waals surface area contributed by atoms with Crippen LogP contribution < -0.4 is 9.47 Å². The monoisotopic (exact) mass is 427 g/mol. The third-order valence-electron chi connectivity index (χ3n) is 5.40. The molecule has 0 amide bonds. The number of rotatable bonds is 6. The number of aromatic nitrogens is 1. The van der Waals surface area contributed by atoms with Crippen molar-refractivity contribution in [2.45, 2.75) is 19.3 Å². The fourth-order valence-corrected chi connectivity index (χ4v) is 3.88. The quantitative estimate of drug-likeness (QED) is 0.472. The topological polar surface area (TPSA) is 77.9 Å². The summed E-state index contributed by atoms with van der Waals surface area (Å²) in [6.07, 6.45) is -0.567. The highest BCUT2D eigenvalue weighted by molar-refractivity contribution is 5.78. The summed E-state index contributed by atoms with van der Waals surface area (Å²) in [6, 6.07) is 25.2. The number of nitrogens with zero attached hydrogens (tertiary/aromatic N) is 1. The molecule has 6 nitrogen and oxygen atoms in total. The number of carboxylic acids is 1. The van der Waals surface area contributed by atoms with Crippen molar-refractivity contribution in [3.05, 3.63) is 101 Å². The summed E-state index contributed by atoms with van der Waals surface area (Å²) in [5, 5.41) is 10.2. The molecule has 0 bridgehead atoms. The Kier molecular flexibility index (Phi) is 5.44. The molecular formula is C26H21NO5. The number of benzene rings is 3. The molecule has 32 heavy (non-hydrogen) atoms. The lowest BCUT2D eigenvalue weighted by Crippen LogP contribution is -2.14. The molecule has 0 saturated heterocycles. The zero-order valence-corrected chi connectivity index (χ0v) is 17.2.